The number of hydrogen-bond acceptors (Lipinski definition) is 8. The molecule has 0 radical (unpaired) electrons. The van der Waals surface area contributed by atoms with E-state index < -0.39 is 11.6 Å². The number of amides is 2. The summed E-state index contributed by atoms with van der Waals surface area (Å²) in [6, 6.07) is 22.3. The zero-order valence-corrected chi connectivity index (χ0v) is 31.2. The van der Waals surface area contributed by atoms with Crippen LogP contribution in [0.2, 0.25) is 5.02 Å². The van der Waals surface area contributed by atoms with Crippen molar-refractivity contribution in [1.82, 2.24) is 9.80 Å². The van der Waals surface area contributed by atoms with E-state index >= 15 is 0 Å². The highest BCUT2D eigenvalue weighted by atomic mass is 35.5. The Morgan fingerprint density at radius 1 is 0.981 bits per heavy atom. The third-order valence-electron chi connectivity index (χ3n) is 11.5. The molecule has 0 saturated carbocycles. The zero-order valence-electron chi connectivity index (χ0n) is 30.4. The summed E-state index contributed by atoms with van der Waals surface area (Å²) in [6.45, 7) is 9.64. The number of halogens is 1. The van der Waals surface area contributed by atoms with Crippen LogP contribution in [0, 0.1) is 0 Å². The molecule has 0 aliphatic carbocycles. The fraction of sp³-hybridized carbons (Fsp3) is 0.357. The molecule has 1 spiro atoms. The fourth-order valence-corrected chi connectivity index (χ4v) is 9.06. The van der Waals surface area contributed by atoms with E-state index in [2.05, 4.69) is 37.8 Å². The van der Waals surface area contributed by atoms with Gasteiger partial charge in [0.1, 0.15) is 17.2 Å². The standard InChI is InChI=1S/C42H43ClN4O6/c1-26-24-41(2,3)47(15-7-10-39(50)46-18-16-45(25-48)17-19-46)35-22-37-32(20-30(26)35)42(31-9-6-5-8-29(31)40(51)53-42)33-21-34(43)36(23-38(33)52-37)44(4)27-11-13-28(49)14-12-27/h5-6,8-9,11-14,20-23,25-26,49H,7,10,15-19,24H2,1-4H3. The van der Waals surface area contributed by atoms with Crippen LogP contribution in [-0.4, -0.2) is 78.5 Å². The lowest BCUT2D eigenvalue weighted by Crippen LogP contribution is -2.50. The second-order valence-electron chi connectivity index (χ2n) is 15.2. The molecule has 1 N–H and O–H groups in total. The van der Waals surface area contributed by atoms with E-state index in [4.69, 9.17) is 21.1 Å². The van der Waals surface area contributed by atoms with Crippen LogP contribution in [-0.2, 0) is 19.9 Å². The Bertz CT molecular complexity index is 2130. The second kappa shape index (κ2) is 13.0. The van der Waals surface area contributed by atoms with Crippen molar-refractivity contribution in [1.29, 1.82) is 0 Å². The first kappa shape index (κ1) is 34.8. The SMILES string of the molecule is CC1CC(C)(C)N(CCCC(=O)N2CCN(C=O)CC2)c2cc3c(cc21)C1(OC(=O)c2ccccc21)c1cc(Cl)c(N(C)c2ccc(O)cc2)cc1O3. The lowest BCUT2D eigenvalue weighted by atomic mass is 9.74. The van der Waals surface area contributed by atoms with Crippen LogP contribution in [0.4, 0.5) is 17.1 Å². The van der Waals surface area contributed by atoms with Gasteiger partial charge in [-0.3, -0.25) is 9.59 Å². The highest BCUT2D eigenvalue weighted by Crippen LogP contribution is 2.60. The Morgan fingerprint density at radius 3 is 2.42 bits per heavy atom. The minimum Gasteiger partial charge on any atom is -0.508 e. The van der Waals surface area contributed by atoms with E-state index in [9.17, 15) is 19.5 Å². The highest BCUT2D eigenvalue weighted by Gasteiger charge is 2.54. The van der Waals surface area contributed by atoms with Gasteiger partial charge >= 0.3 is 5.97 Å². The van der Waals surface area contributed by atoms with Gasteiger partial charge in [0.15, 0.2) is 5.60 Å². The minimum absolute atomic E-state index is 0.111. The number of ether oxygens (including phenoxy) is 2. The van der Waals surface area contributed by atoms with Crippen molar-refractivity contribution < 1.29 is 29.0 Å². The first-order chi connectivity index (χ1) is 25.4. The summed E-state index contributed by atoms with van der Waals surface area (Å²) in [5.41, 5.74) is 4.78. The van der Waals surface area contributed by atoms with Crippen molar-refractivity contribution in [3.05, 3.63) is 106 Å². The Labute approximate surface area is 314 Å². The number of rotatable bonds is 7. The topological polar surface area (TPSA) is 103 Å². The molecule has 53 heavy (non-hydrogen) atoms. The smallest absolute Gasteiger partial charge is 0.340 e. The highest BCUT2D eigenvalue weighted by molar-refractivity contribution is 6.33. The fourth-order valence-electron chi connectivity index (χ4n) is 8.77. The van der Waals surface area contributed by atoms with Crippen LogP contribution in [0.5, 0.6) is 17.2 Å². The van der Waals surface area contributed by atoms with Gasteiger partial charge in [0.2, 0.25) is 12.3 Å². The van der Waals surface area contributed by atoms with Gasteiger partial charge < -0.3 is 34.2 Å². The Balaban J connectivity index is 1.20. The van der Waals surface area contributed by atoms with Gasteiger partial charge in [-0.15, -0.1) is 0 Å². The third kappa shape index (κ3) is 5.75. The number of carbonyl (C=O) groups excluding carboxylic acids is 3. The van der Waals surface area contributed by atoms with Crippen LogP contribution in [0.15, 0.2) is 72.8 Å². The van der Waals surface area contributed by atoms with Crippen molar-refractivity contribution in [3.8, 4) is 17.2 Å². The molecule has 1 saturated heterocycles. The molecule has 4 aromatic carbocycles. The number of aromatic hydroxyl groups is 1. The Hall–Kier alpha value is -5.22. The molecule has 1 fully saturated rings. The first-order valence-electron chi connectivity index (χ1n) is 18.2. The zero-order chi connectivity index (χ0) is 37.2. The summed E-state index contributed by atoms with van der Waals surface area (Å²) in [7, 11) is 1.89. The average Bonchev–Trinajstić information content (AvgIpc) is 3.44. The monoisotopic (exact) mass is 734 g/mol. The number of carbonyl (C=O) groups is 3. The van der Waals surface area contributed by atoms with Crippen LogP contribution in [0.25, 0.3) is 0 Å². The summed E-state index contributed by atoms with van der Waals surface area (Å²) in [6.07, 6.45) is 2.83. The number of anilines is 3. The van der Waals surface area contributed by atoms with E-state index in [-0.39, 0.29) is 23.1 Å². The second-order valence-corrected chi connectivity index (χ2v) is 15.6. The molecule has 0 bridgehead atoms. The van der Waals surface area contributed by atoms with Gasteiger partial charge in [-0.2, -0.15) is 0 Å². The molecule has 4 heterocycles. The average molecular weight is 735 g/mol. The summed E-state index contributed by atoms with van der Waals surface area (Å²) < 4.78 is 13.4. The van der Waals surface area contributed by atoms with E-state index in [1.807, 2.05) is 59.3 Å². The van der Waals surface area contributed by atoms with Crippen LogP contribution in [0.3, 0.4) is 0 Å². The number of fused-ring (bicyclic) bond motifs is 7. The van der Waals surface area contributed by atoms with Crippen molar-refractivity contribution in [2.45, 2.75) is 57.1 Å². The Morgan fingerprint density at radius 2 is 1.68 bits per heavy atom. The molecule has 8 rings (SSSR count). The summed E-state index contributed by atoms with van der Waals surface area (Å²) in [5.74, 6) is 1.15. The molecule has 4 aliphatic heterocycles. The molecular formula is C42H43ClN4O6. The van der Waals surface area contributed by atoms with Gasteiger partial charge in [0.05, 0.1) is 16.3 Å². The summed E-state index contributed by atoms with van der Waals surface area (Å²) in [5, 5.41) is 10.3. The lowest BCUT2D eigenvalue weighted by molar-refractivity contribution is -0.135. The maximum absolute atomic E-state index is 13.7. The van der Waals surface area contributed by atoms with Gasteiger partial charge in [-0.25, -0.2) is 4.79 Å². The third-order valence-corrected chi connectivity index (χ3v) is 11.8. The van der Waals surface area contributed by atoms with E-state index in [0.717, 1.165) is 40.9 Å². The molecule has 2 atom stereocenters. The normalized spacial score (nSPS) is 20.9. The van der Waals surface area contributed by atoms with Gasteiger partial charge in [0, 0.05) is 91.9 Å². The van der Waals surface area contributed by atoms with Crippen LogP contribution in [0.1, 0.15) is 78.6 Å². The van der Waals surface area contributed by atoms with E-state index in [1.54, 1.807) is 23.1 Å². The number of nitrogens with zero attached hydrogens (tertiary/aromatic N) is 4. The first-order valence-corrected chi connectivity index (χ1v) is 18.6. The van der Waals surface area contributed by atoms with Gasteiger partial charge in [-0.05, 0) is 80.6 Å². The predicted molar refractivity (Wildman–Crippen MR) is 204 cm³/mol. The number of benzene rings is 4. The van der Waals surface area contributed by atoms with Crippen molar-refractivity contribution in [2.24, 2.45) is 0 Å². The molecule has 2 unspecified atom stereocenters. The molecule has 274 valence electrons. The number of phenolic OH excluding ortho intramolecular Hbond substituents is 1. The van der Waals surface area contributed by atoms with Crippen LogP contribution < -0.4 is 14.5 Å². The Kier molecular flexibility index (Phi) is 8.56. The number of phenols is 1. The van der Waals surface area contributed by atoms with Crippen molar-refractivity contribution in [2.75, 3.05) is 49.6 Å². The lowest BCUT2D eigenvalue weighted by Gasteiger charge is -2.49. The molecule has 4 aromatic rings. The molecule has 10 nitrogen and oxygen atoms in total. The predicted octanol–water partition coefficient (Wildman–Crippen LogP) is 7.55. The molecule has 4 aliphatic rings. The number of esters is 1. The van der Waals surface area contributed by atoms with Crippen molar-refractivity contribution >= 4 is 46.9 Å². The molecular weight excluding hydrogens is 692 g/mol. The minimum atomic E-state index is -1.29. The van der Waals surface area contributed by atoms with Gasteiger partial charge in [-0.1, -0.05) is 36.7 Å². The van der Waals surface area contributed by atoms with E-state index in [0.29, 0.717) is 78.9 Å². The van der Waals surface area contributed by atoms with E-state index in [1.165, 1.54) is 0 Å². The van der Waals surface area contributed by atoms with Crippen LogP contribution >= 0.6 is 11.6 Å². The van der Waals surface area contributed by atoms with Gasteiger partial charge in [0.25, 0.3) is 0 Å². The quantitative estimate of drug-likeness (QED) is 0.153. The molecule has 11 heteroatoms. The maximum Gasteiger partial charge on any atom is 0.340 e. The maximum atomic E-state index is 13.7. The largest absolute Gasteiger partial charge is 0.508 e. The summed E-state index contributed by atoms with van der Waals surface area (Å²) in [4.78, 5) is 45.9. The molecule has 2 amide bonds. The summed E-state index contributed by atoms with van der Waals surface area (Å²) >= 11 is 7.08. The number of piperazine rings is 1. The molecule has 0 aromatic heterocycles. The number of hydrogen-bond donors (Lipinski definition) is 1. The van der Waals surface area contributed by atoms with Crippen molar-refractivity contribution in [3.63, 3.8) is 0 Å².